The molecule has 0 bridgehead atoms. The molecule has 1 aliphatic heterocycles. The number of nitrogens with zero attached hydrogens (tertiary/aromatic N) is 2. The van der Waals surface area contributed by atoms with Crippen LogP contribution in [0.4, 0.5) is 18.9 Å². The number of hydrogen-bond donors (Lipinski definition) is 0. The standard InChI is InChI=1S/C27H35F3N2O5/c1-2-3-4-5-6-7-8-9-10-11-12-13-20-31(26(36)27(28,29)30)22-16-14-21(15-17-22)25(35)37-32-23(33)18-19-24(32)34/h10-11,14-17H,2-9,12-13,18-20H2,1H3/b11-10+. The summed E-state index contributed by atoms with van der Waals surface area (Å²) in [6, 6.07) is 4.76. The minimum Gasteiger partial charge on any atom is -0.325 e. The molecule has 10 heteroatoms. The number of hydrogen-bond acceptors (Lipinski definition) is 5. The van der Waals surface area contributed by atoms with Gasteiger partial charge in [-0.1, -0.05) is 57.6 Å². The van der Waals surface area contributed by atoms with Crippen molar-refractivity contribution < 1.29 is 37.2 Å². The molecular formula is C27H35F3N2O5. The van der Waals surface area contributed by atoms with E-state index in [9.17, 15) is 32.3 Å². The van der Waals surface area contributed by atoms with Crippen molar-refractivity contribution >= 4 is 29.4 Å². The summed E-state index contributed by atoms with van der Waals surface area (Å²) in [5.74, 6) is -4.29. The normalized spacial score (nSPS) is 14.0. The van der Waals surface area contributed by atoms with Gasteiger partial charge in [-0.3, -0.25) is 14.4 Å². The molecule has 7 nitrogen and oxygen atoms in total. The number of allylic oxidation sites excluding steroid dienone is 2. The molecule has 0 unspecified atom stereocenters. The highest BCUT2D eigenvalue weighted by Gasteiger charge is 2.43. The predicted molar refractivity (Wildman–Crippen MR) is 132 cm³/mol. The molecule has 0 spiro atoms. The Morgan fingerprint density at radius 2 is 1.43 bits per heavy atom. The van der Waals surface area contributed by atoms with E-state index in [4.69, 9.17) is 4.84 Å². The third-order valence-corrected chi connectivity index (χ3v) is 5.98. The molecule has 1 heterocycles. The molecular weight excluding hydrogens is 489 g/mol. The molecule has 0 radical (unpaired) electrons. The first-order valence-electron chi connectivity index (χ1n) is 12.9. The average molecular weight is 525 g/mol. The largest absolute Gasteiger partial charge is 0.471 e. The van der Waals surface area contributed by atoms with Crippen LogP contribution in [0.25, 0.3) is 0 Å². The summed E-state index contributed by atoms with van der Waals surface area (Å²) in [6.45, 7) is 2.03. The van der Waals surface area contributed by atoms with Crippen molar-refractivity contribution in [3.8, 4) is 0 Å². The first-order valence-corrected chi connectivity index (χ1v) is 12.9. The molecule has 1 saturated heterocycles. The van der Waals surface area contributed by atoms with Crippen LogP contribution in [-0.2, 0) is 19.2 Å². The van der Waals surface area contributed by atoms with Crippen LogP contribution in [0.15, 0.2) is 36.4 Å². The number of carbonyl (C=O) groups excluding carboxylic acids is 4. The highest BCUT2D eigenvalue weighted by atomic mass is 19.4. The van der Waals surface area contributed by atoms with E-state index in [0.717, 1.165) is 19.3 Å². The van der Waals surface area contributed by atoms with Crippen molar-refractivity contribution in [3.05, 3.63) is 42.0 Å². The monoisotopic (exact) mass is 524 g/mol. The van der Waals surface area contributed by atoms with Crippen molar-refractivity contribution in [2.24, 2.45) is 0 Å². The molecule has 204 valence electrons. The number of halogens is 3. The highest BCUT2D eigenvalue weighted by molar-refractivity contribution is 6.03. The van der Waals surface area contributed by atoms with Crippen molar-refractivity contribution in [3.63, 3.8) is 0 Å². The summed E-state index contributed by atoms with van der Waals surface area (Å²) in [4.78, 5) is 52.9. The summed E-state index contributed by atoms with van der Waals surface area (Å²) < 4.78 is 39.6. The fourth-order valence-corrected chi connectivity index (χ4v) is 3.89. The van der Waals surface area contributed by atoms with E-state index in [2.05, 4.69) is 6.92 Å². The third-order valence-electron chi connectivity index (χ3n) is 5.98. The third kappa shape index (κ3) is 10.0. The van der Waals surface area contributed by atoms with Gasteiger partial charge in [-0.25, -0.2) is 4.79 Å². The van der Waals surface area contributed by atoms with E-state index >= 15 is 0 Å². The zero-order chi connectivity index (χ0) is 27.3. The molecule has 0 saturated carbocycles. The zero-order valence-electron chi connectivity index (χ0n) is 21.2. The SMILES string of the molecule is CCCCCCCCC/C=C/CCCN(C(=O)C(F)(F)F)c1ccc(C(=O)ON2C(=O)CCC2=O)cc1. The van der Waals surface area contributed by atoms with Crippen LogP contribution >= 0.6 is 0 Å². The number of hydroxylamine groups is 2. The second-order valence-electron chi connectivity index (χ2n) is 8.99. The van der Waals surface area contributed by atoms with E-state index < -0.39 is 29.9 Å². The van der Waals surface area contributed by atoms with Gasteiger partial charge in [0.25, 0.3) is 11.8 Å². The number of carbonyl (C=O) groups is 4. The van der Waals surface area contributed by atoms with Crippen LogP contribution in [0.2, 0.25) is 0 Å². The molecule has 1 aliphatic rings. The van der Waals surface area contributed by atoms with Gasteiger partial charge in [-0.2, -0.15) is 13.2 Å². The quantitative estimate of drug-likeness (QED) is 0.153. The molecule has 0 N–H and O–H groups in total. The van der Waals surface area contributed by atoms with Crippen LogP contribution in [-0.4, -0.2) is 41.5 Å². The number of amides is 3. The maximum atomic E-state index is 13.2. The van der Waals surface area contributed by atoms with Crippen LogP contribution in [0.3, 0.4) is 0 Å². The Balaban J connectivity index is 1.87. The maximum Gasteiger partial charge on any atom is 0.471 e. The van der Waals surface area contributed by atoms with Gasteiger partial charge < -0.3 is 9.74 Å². The summed E-state index contributed by atoms with van der Waals surface area (Å²) in [5.41, 5.74) is -0.108. The number of imide groups is 1. The molecule has 37 heavy (non-hydrogen) atoms. The number of alkyl halides is 3. The summed E-state index contributed by atoms with van der Waals surface area (Å²) >= 11 is 0. The van der Waals surface area contributed by atoms with Gasteiger partial charge in [-0.15, -0.1) is 5.06 Å². The Morgan fingerprint density at radius 1 is 0.892 bits per heavy atom. The Labute approximate surface area is 215 Å². The Kier molecular flexibility index (Phi) is 12.3. The number of unbranched alkanes of at least 4 members (excludes halogenated alkanes) is 8. The van der Waals surface area contributed by atoms with E-state index in [0.29, 0.717) is 22.8 Å². The summed E-state index contributed by atoms with van der Waals surface area (Å²) in [5, 5.41) is 0.386. The molecule has 1 fully saturated rings. The fourth-order valence-electron chi connectivity index (χ4n) is 3.89. The summed E-state index contributed by atoms with van der Waals surface area (Å²) in [6.07, 6.45) is 9.03. The van der Waals surface area contributed by atoms with Crippen LogP contribution in [0.1, 0.15) is 94.3 Å². The van der Waals surface area contributed by atoms with Gasteiger partial charge >= 0.3 is 18.1 Å². The molecule has 2 rings (SSSR count). The first kappa shape index (κ1) is 30.1. The average Bonchev–Trinajstić information content (AvgIpc) is 3.18. The minimum atomic E-state index is -5.05. The topological polar surface area (TPSA) is 84.0 Å². The van der Waals surface area contributed by atoms with E-state index in [-0.39, 0.29) is 30.6 Å². The van der Waals surface area contributed by atoms with Crippen molar-refractivity contribution in [2.45, 2.75) is 90.1 Å². The van der Waals surface area contributed by atoms with Crippen molar-refractivity contribution in [2.75, 3.05) is 11.4 Å². The lowest BCUT2D eigenvalue weighted by Gasteiger charge is -2.24. The van der Waals surface area contributed by atoms with Crippen LogP contribution < -0.4 is 4.90 Å². The molecule has 0 aliphatic carbocycles. The lowest BCUT2D eigenvalue weighted by atomic mass is 10.1. The molecule has 1 aromatic carbocycles. The van der Waals surface area contributed by atoms with Gasteiger partial charge in [0.2, 0.25) is 0 Å². The van der Waals surface area contributed by atoms with E-state index in [1.54, 1.807) is 0 Å². The van der Waals surface area contributed by atoms with Gasteiger partial charge in [-0.05, 0) is 49.9 Å². The van der Waals surface area contributed by atoms with Gasteiger partial charge in [0, 0.05) is 25.1 Å². The highest BCUT2D eigenvalue weighted by Crippen LogP contribution is 2.25. The summed E-state index contributed by atoms with van der Waals surface area (Å²) in [7, 11) is 0. The second-order valence-corrected chi connectivity index (χ2v) is 8.99. The number of benzene rings is 1. The van der Waals surface area contributed by atoms with Gasteiger partial charge in [0.1, 0.15) is 0 Å². The van der Waals surface area contributed by atoms with Gasteiger partial charge in [0.15, 0.2) is 0 Å². The van der Waals surface area contributed by atoms with Crippen LogP contribution in [0, 0.1) is 0 Å². The Bertz CT molecular complexity index is 928. The predicted octanol–water partition coefficient (Wildman–Crippen LogP) is 6.28. The van der Waals surface area contributed by atoms with Crippen molar-refractivity contribution in [1.82, 2.24) is 5.06 Å². The zero-order valence-corrected chi connectivity index (χ0v) is 21.2. The molecule has 0 atom stereocenters. The minimum absolute atomic E-state index is 0.0285. The molecule has 1 aromatic rings. The van der Waals surface area contributed by atoms with Crippen LogP contribution in [0.5, 0.6) is 0 Å². The van der Waals surface area contributed by atoms with E-state index in [1.165, 1.54) is 56.4 Å². The lowest BCUT2D eigenvalue weighted by Crippen LogP contribution is -2.41. The maximum absolute atomic E-state index is 13.2. The van der Waals surface area contributed by atoms with E-state index in [1.807, 2.05) is 12.2 Å². The Morgan fingerprint density at radius 3 is 2.00 bits per heavy atom. The lowest BCUT2D eigenvalue weighted by molar-refractivity contribution is -0.172. The molecule has 3 amide bonds. The Hall–Kier alpha value is -3.17. The van der Waals surface area contributed by atoms with Gasteiger partial charge in [0.05, 0.1) is 5.56 Å². The fraction of sp³-hybridized carbons (Fsp3) is 0.556. The first-order chi connectivity index (χ1) is 17.6. The smallest absolute Gasteiger partial charge is 0.325 e. The van der Waals surface area contributed by atoms with Crippen molar-refractivity contribution in [1.29, 1.82) is 0 Å². The second kappa shape index (κ2) is 15.2. The molecule has 0 aromatic heterocycles. The number of rotatable bonds is 15. The number of anilines is 1.